The van der Waals surface area contributed by atoms with Crippen molar-refractivity contribution < 1.29 is 120 Å². The molecule has 0 aromatic heterocycles. The van der Waals surface area contributed by atoms with E-state index < -0.39 is 184 Å². The number of aliphatic hydroxyl groups is 16. The highest BCUT2D eigenvalue weighted by molar-refractivity contribution is 5.32. The lowest BCUT2D eigenvalue weighted by Crippen LogP contribution is -2.65. The van der Waals surface area contributed by atoms with E-state index in [1.807, 2.05) is 0 Å². The van der Waals surface area contributed by atoms with Crippen LogP contribution in [-0.4, -0.2) is 255 Å². The molecule has 0 aromatic carbocycles. The van der Waals surface area contributed by atoms with E-state index in [0.29, 0.717) is 32.1 Å². The maximum atomic E-state index is 12.7. The number of fused-ring (bicyclic) bond motifs is 5. The first-order valence-corrected chi connectivity index (χ1v) is 28.0. The average Bonchev–Trinajstić information content (AvgIpc) is 3.21. The van der Waals surface area contributed by atoms with Crippen LogP contribution in [0.1, 0.15) is 107 Å². The van der Waals surface area contributed by atoms with Gasteiger partial charge in [-0.05, 0) is 99.7 Å². The number of allylic oxidation sites excluding steroid dienone is 1. The van der Waals surface area contributed by atoms with Gasteiger partial charge in [0.25, 0.3) is 0 Å². The van der Waals surface area contributed by atoms with Crippen molar-refractivity contribution in [2.45, 2.75) is 253 Å². The van der Waals surface area contributed by atoms with Gasteiger partial charge in [0.05, 0.1) is 50.3 Å². The van der Waals surface area contributed by atoms with E-state index in [1.165, 1.54) is 13.8 Å². The summed E-state index contributed by atoms with van der Waals surface area (Å²) in [5.74, 6) is 0.223. The maximum Gasteiger partial charge on any atom is 0.187 e. The minimum atomic E-state index is -1.93. The number of hydrogen-bond donors (Lipinski definition) is 16. The van der Waals surface area contributed by atoms with Crippen molar-refractivity contribution in [2.24, 2.45) is 45.3 Å². The first-order chi connectivity index (χ1) is 36.4. The highest BCUT2D eigenvalue weighted by Gasteiger charge is 2.70. The van der Waals surface area contributed by atoms with E-state index in [2.05, 4.69) is 47.6 Å². The van der Waals surface area contributed by atoms with Gasteiger partial charge in [-0.2, -0.15) is 0 Å². The molecular formula is C54H92O24. The molecule has 24 nitrogen and oxygen atoms in total. The molecule has 4 heterocycles. The molecule has 0 aromatic rings. The molecular weight excluding hydrogens is 1030 g/mol. The quantitative estimate of drug-likeness (QED) is 0.0637. The topological polar surface area (TPSA) is 398 Å². The van der Waals surface area contributed by atoms with Crippen LogP contribution in [-0.2, 0) is 37.9 Å². The average molecular weight is 1130 g/mol. The van der Waals surface area contributed by atoms with Gasteiger partial charge in [-0.15, -0.1) is 0 Å². The number of hydrogen-bond acceptors (Lipinski definition) is 24. The predicted octanol–water partition coefficient (Wildman–Crippen LogP) is -3.23. The van der Waals surface area contributed by atoms with Gasteiger partial charge in [0, 0.05) is 10.8 Å². The van der Waals surface area contributed by atoms with Crippen LogP contribution in [0.3, 0.4) is 0 Å². The molecule has 4 aliphatic heterocycles. The second kappa shape index (κ2) is 23.7. The third-order valence-corrected chi connectivity index (χ3v) is 20.8. The first kappa shape index (κ1) is 62.8. The van der Waals surface area contributed by atoms with Crippen LogP contribution in [0.15, 0.2) is 11.6 Å². The zero-order valence-electron chi connectivity index (χ0n) is 46.1. The SMILES string of the molecule is C[C@H](CC[C@@H](O[C@@H]1O[C@H](CO[C@@H]2O[C@H](CO)[C@@H](O)[C@H](O)[C@H]2O)[C@@H](O)[C@H](O)[C@H]1O[C@@H]1O[C@H](CO)[C@@H](O)[C@H](O)[C@H]1O)C(C)(C)O)C1CC[C@@]2(C)[C@@H]3CC=C4[C@@H](CC[C@H](O[C@@H]5O[C@H](CO)[C@@H](O)[C@H](O)[C@H]5O)C4(C)C)[C@]3(C)[C@H](O)C[C@]12C. The van der Waals surface area contributed by atoms with E-state index in [9.17, 15) is 81.7 Å². The van der Waals surface area contributed by atoms with Gasteiger partial charge in [-0.1, -0.05) is 53.2 Å². The fraction of sp³-hybridized carbons (Fsp3) is 0.963. The van der Waals surface area contributed by atoms with Crippen LogP contribution in [0.5, 0.6) is 0 Å². The molecule has 452 valence electrons. The Morgan fingerprint density at radius 1 is 0.590 bits per heavy atom. The van der Waals surface area contributed by atoms with Gasteiger partial charge in [0.15, 0.2) is 25.2 Å². The molecule has 0 spiro atoms. The number of rotatable bonds is 17. The Kier molecular flexibility index (Phi) is 19.1. The fourth-order valence-electron chi connectivity index (χ4n) is 15.6. The Morgan fingerprint density at radius 2 is 1.09 bits per heavy atom. The summed E-state index contributed by atoms with van der Waals surface area (Å²) in [4.78, 5) is 0. The predicted molar refractivity (Wildman–Crippen MR) is 268 cm³/mol. The molecule has 78 heavy (non-hydrogen) atoms. The summed E-state index contributed by atoms with van der Waals surface area (Å²) in [7, 11) is 0. The van der Waals surface area contributed by atoms with E-state index in [0.717, 1.165) is 18.4 Å². The molecule has 4 saturated heterocycles. The van der Waals surface area contributed by atoms with Gasteiger partial charge in [-0.25, -0.2) is 0 Å². The van der Waals surface area contributed by atoms with Crippen LogP contribution in [0.2, 0.25) is 0 Å². The molecule has 3 saturated carbocycles. The minimum absolute atomic E-state index is 0.00555. The van der Waals surface area contributed by atoms with Crippen molar-refractivity contribution in [3.05, 3.63) is 11.6 Å². The Morgan fingerprint density at radius 3 is 1.63 bits per heavy atom. The lowest BCUT2D eigenvalue weighted by atomic mass is 9.38. The summed E-state index contributed by atoms with van der Waals surface area (Å²) in [5.41, 5.74) is -2.07. The third-order valence-electron chi connectivity index (χ3n) is 20.8. The van der Waals surface area contributed by atoms with E-state index in [1.54, 1.807) is 0 Å². The Balaban J connectivity index is 0.987. The summed E-state index contributed by atoms with van der Waals surface area (Å²) < 4.78 is 47.7. The second-order valence-corrected chi connectivity index (χ2v) is 25.9. The van der Waals surface area contributed by atoms with Crippen molar-refractivity contribution in [3.63, 3.8) is 0 Å². The van der Waals surface area contributed by atoms with E-state index >= 15 is 0 Å². The standard InChI is InChI=1S/C54H92O24/c1-22(23-15-16-52(6)30-12-10-24-25(54(30,8)31(58)17-53(23,52)7)11-14-32(50(24,2)3)76-47-43(68)39(64)35(60)27(19-56)73-47)9-13-33(51(4,5)70)77-49-45(78-48-44(69)40(65)36(61)28(20-57)74-48)41(66)37(62)29(75-49)21-71-46-42(67)38(63)34(59)26(18-55)72-46/h10,22-23,25-49,55-70H,9,11-21H2,1-8H3/t22-,23?,25-,26-,27-,28-,29-,30+,31-,32+,33-,34-,35-,36-,37-,38+,39+,40+,41+,42-,43-,44-,45-,46-,47+,48+,49+,52+,53-,54+/m1/s1. The molecule has 0 bridgehead atoms. The van der Waals surface area contributed by atoms with Crippen LogP contribution in [0, 0.1) is 45.3 Å². The normalized spacial score (nSPS) is 51.4. The zero-order valence-corrected chi connectivity index (χ0v) is 46.1. The van der Waals surface area contributed by atoms with Crippen LogP contribution in [0.25, 0.3) is 0 Å². The summed E-state index contributed by atoms with van der Waals surface area (Å²) in [6.45, 7) is 13.5. The monoisotopic (exact) mass is 1120 g/mol. The minimum Gasteiger partial charge on any atom is -0.394 e. The van der Waals surface area contributed by atoms with Gasteiger partial charge < -0.3 is 120 Å². The highest BCUT2D eigenvalue weighted by atomic mass is 16.8. The van der Waals surface area contributed by atoms with Crippen molar-refractivity contribution in [1.29, 1.82) is 0 Å². The Bertz CT molecular complexity index is 2020. The number of ether oxygens (including phenoxy) is 8. The highest BCUT2D eigenvalue weighted by Crippen LogP contribution is 2.75. The van der Waals surface area contributed by atoms with Crippen LogP contribution < -0.4 is 0 Å². The summed E-state index contributed by atoms with van der Waals surface area (Å²) >= 11 is 0. The zero-order chi connectivity index (χ0) is 57.5. The molecule has 1 unspecified atom stereocenters. The van der Waals surface area contributed by atoms with Crippen molar-refractivity contribution in [3.8, 4) is 0 Å². The Hall–Kier alpha value is -1.22. The molecule has 30 atom stereocenters. The summed E-state index contributed by atoms with van der Waals surface area (Å²) in [6.07, 6.45) is -27.6. The first-order valence-electron chi connectivity index (χ1n) is 28.0. The molecule has 7 fully saturated rings. The summed E-state index contributed by atoms with van der Waals surface area (Å²) in [5, 5.41) is 172. The van der Waals surface area contributed by atoms with Gasteiger partial charge in [0.1, 0.15) is 97.7 Å². The second-order valence-electron chi connectivity index (χ2n) is 25.9. The summed E-state index contributed by atoms with van der Waals surface area (Å²) in [6, 6.07) is 0. The smallest absolute Gasteiger partial charge is 0.187 e. The molecule has 4 aliphatic carbocycles. The molecule has 24 heteroatoms. The molecule has 0 amide bonds. The van der Waals surface area contributed by atoms with Gasteiger partial charge in [0.2, 0.25) is 0 Å². The van der Waals surface area contributed by atoms with Crippen molar-refractivity contribution in [1.82, 2.24) is 0 Å². The molecule has 8 rings (SSSR count). The van der Waals surface area contributed by atoms with Crippen molar-refractivity contribution >= 4 is 0 Å². The maximum absolute atomic E-state index is 12.7. The molecule has 0 radical (unpaired) electrons. The largest absolute Gasteiger partial charge is 0.394 e. The molecule has 16 N–H and O–H groups in total. The van der Waals surface area contributed by atoms with E-state index in [-0.39, 0.29) is 40.9 Å². The molecule has 8 aliphatic rings. The van der Waals surface area contributed by atoms with Crippen molar-refractivity contribution in [2.75, 3.05) is 26.4 Å². The van der Waals surface area contributed by atoms with Gasteiger partial charge >= 0.3 is 0 Å². The van der Waals surface area contributed by atoms with Gasteiger partial charge in [-0.3, -0.25) is 0 Å². The van der Waals surface area contributed by atoms with E-state index in [4.69, 9.17) is 37.9 Å². The van der Waals surface area contributed by atoms with Crippen LogP contribution >= 0.6 is 0 Å². The third kappa shape index (κ3) is 11.0. The lowest BCUT2D eigenvalue weighted by Gasteiger charge is -2.67. The fourth-order valence-corrected chi connectivity index (χ4v) is 15.6. The Labute approximate surface area is 455 Å². The van der Waals surface area contributed by atoms with Crippen LogP contribution in [0.4, 0.5) is 0 Å². The lowest BCUT2D eigenvalue weighted by molar-refractivity contribution is -0.380. The number of aliphatic hydroxyl groups excluding tert-OH is 15.